The Morgan fingerprint density at radius 2 is 1.58 bits per heavy atom. The van der Waals surface area contributed by atoms with Gasteiger partial charge in [-0.25, -0.2) is 4.79 Å². The van der Waals surface area contributed by atoms with Crippen molar-refractivity contribution in [2.75, 3.05) is 4.90 Å². The maximum absolute atomic E-state index is 12.9. The lowest BCUT2D eigenvalue weighted by Gasteiger charge is -2.29. The highest BCUT2D eigenvalue weighted by atomic mass is 79.9. The van der Waals surface area contributed by atoms with E-state index >= 15 is 0 Å². The minimum Gasteiger partial charge on any atom is -0.423 e. The van der Waals surface area contributed by atoms with Gasteiger partial charge in [-0.15, -0.1) is 0 Å². The van der Waals surface area contributed by atoms with Crippen molar-refractivity contribution in [2.24, 2.45) is 11.8 Å². The van der Waals surface area contributed by atoms with Crippen LogP contribution >= 0.6 is 31.9 Å². The van der Waals surface area contributed by atoms with Gasteiger partial charge in [0.2, 0.25) is 11.8 Å². The van der Waals surface area contributed by atoms with Gasteiger partial charge in [0, 0.05) is 21.8 Å². The van der Waals surface area contributed by atoms with E-state index < -0.39 is 10.9 Å². The zero-order valence-corrected chi connectivity index (χ0v) is 19.1. The first-order valence-corrected chi connectivity index (χ1v) is 11.3. The summed E-state index contributed by atoms with van der Waals surface area (Å²) in [6, 6.07) is 11.3. The Morgan fingerprint density at radius 1 is 1.00 bits per heavy atom. The number of nitro benzene ring substituents is 1. The van der Waals surface area contributed by atoms with Gasteiger partial charge in [0.05, 0.1) is 28.0 Å². The van der Waals surface area contributed by atoms with Crippen molar-refractivity contribution in [2.45, 2.75) is 22.5 Å². The van der Waals surface area contributed by atoms with E-state index in [1.165, 1.54) is 35.2 Å². The number of carbonyl (C=O) groups is 3. The molecule has 0 N–H and O–H groups in total. The molecule has 31 heavy (non-hydrogen) atoms. The van der Waals surface area contributed by atoms with Crippen LogP contribution in [-0.4, -0.2) is 32.4 Å². The number of carbonyl (C=O) groups excluding carboxylic acids is 3. The number of amides is 2. The van der Waals surface area contributed by atoms with E-state index in [2.05, 4.69) is 31.9 Å². The highest BCUT2D eigenvalue weighted by Gasteiger charge is 2.52. The van der Waals surface area contributed by atoms with Crippen LogP contribution in [0, 0.1) is 22.0 Å². The molecule has 2 aromatic rings. The van der Waals surface area contributed by atoms with Gasteiger partial charge in [-0.05, 0) is 43.2 Å². The van der Waals surface area contributed by atoms with Crippen LogP contribution in [0.5, 0.6) is 5.75 Å². The zero-order valence-electron chi connectivity index (χ0n) is 15.9. The Kier molecular flexibility index (Phi) is 5.94. The topological polar surface area (TPSA) is 107 Å². The molecular formula is C21H16Br2N2O6. The smallest absolute Gasteiger partial charge is 0.343 e. The first-order valence-electron chi connectivity index (χ1n) is 9.49. The van der Waals surface area contributed by atoms with Crippen molar-refractivity contribution in [3.8, 4) is 5.75 Å². The van der Waals surface area contributed by atoms with E-state index in [4.69, 9.17) is 4.74 Å². The molecule has 0 unspecified atom stereocenters. The molecule has 0 aromatic heterocycles. The average Bonchev–Trinajstić information content (AvgIpc) is 2.99. The van der Waals surface area contributed by atoms with Crippen LogP contribution in [0.25, 0.3) is 0 Å². The fraction of sp³-hybridized carbons (Fsp3) is 0.286. The lowest BCUT2D eigenvalue weighted by molar-refractivity contribution is -0.384. The molecular weight excluding hydrogens is 536 g/mol. The fourth-order valence-corrected chi connectivity index (χ4v) is 5.16. The Morgan fingerprint density at radius 3 is 2.13 bits per heavy atom. The van der Waals surface area contributed by atoms with Crippen molar-refractivity contribution in [3.63, 3.8) is 0 Å². The maximum atomic E-state index is 12.9. The standard InChI is InChI=1S/C21H16Br2N2O6/c22-17-9-15-16(10-18(17)23)20(27)24(19(15)26)12-4-6-14(7-5-12)31-21(28)11-2-1-3-13(8-11)25(29)30/h1-8,15-18H,9-10H2/t15-,16-,17+,18+/m1/s1. The van der Waals surface area contributed by atoms with Gasteiger partial charge in [-0.1, -0.05) is 37.9 Å². The summed E-state index contributed by atoms with van der Waals surface area (Å²) in [5, 5.41) is 10.9. The predicted octanol–water partition coefficient (Wildman–Crippen LogP) is 4.24. The van der Waals surface area contributed by atoms with Gasteiger partial charge in [0.1, 0.15) is 5.75 Å². The molecule has 10 heteroatoms. The third-order valence-corrected chi connectivity index (χ3v) is 8.24. The number of esters is 1. The summed E-state index contributed by atoms with van der Waals surface area (Å²) in [7, 11) is 0. The average molecular weight is 552 g/mol. The highest BCUT2D eigenvalue weighted by molar-refractivity contribution is 9.12. The number of non-ortho nitro benzene ring substituents is 1. The molecule has 160 valence electrons. The molecule has 4 atom stereocenters. The molecule has 2 aromatic carbocycles. The molecule has 0 radical (unpaired) electrons. The number of benzene rings is 2. The molecule has 2 amide bonds. The number of hydrogen-bond acceptors (Lipinski definition) is 6. The largest absolute Gasteiger partial charge is 0.423 e. The van der Waals surface area contributed by atoms with Gasteiger partial charge in [0.15, 0.2) is 0 Å². The highest BCUT2D eigenvalue weighted by Crippen LogP contribution is 2.44. The van der Waals surface area contributed by atoms with Gasteiger partial charge >= 0.3 is 5.97 Å². The number of imide groups is 1. The number of ether oxygens (including phenoxy) is 1. The van der Waals surface area contributed by atoms with E-state index in [0.29, 0.717) is 18.5 Å². The minimum absolute atomic E-state index is 0.0425. The number of halogens is 2. The zero-order chi connectivity index (χ0) is 22.3. The fourth-order valence-electron chi connectivity index (χ4n) is 3.93. The van der Waals surface area contributed by atoms with Crippen LogP contribution in [0.2, 0.25) is 0 Å². The molecule has 0 spiro atoms. The quantitative estimate of drug-likeness (QED) is 0.140. The van der Waals surface area contributed by atoms with Gasteiger partial charge in [-0.2, -0.15) is 0 Å². The normalized spacial score (nSPS) is 25.3. The summed E-state index contributed by atoms with van der Waals surface area (Å²) in [6.45, 7) is 0. The molecule has 2 fully saturated rings. The Balaban J connectivity index is 1.49. The van der Waals surface area contributed by atoms with Gasteiger partial charge in [0.25, 0.3) is 5.69 Å². The molecule has 1 saturated carbocycles. The Bertz CT molecular complexity index is 1050. The monoisotopic (exact) mass is 550 g/mol. The van der Waals surface area contributed by atoms with E-state index in [-0.39, 0.29) is 50.3 Å². The van der Waals surface area contributed by atoms with Crippen molar-refractivity contribution in [1.82, 2.24) is 0 Å². The summed E-state index contributed by atoms with van der Waals surface area (Å²) in [5.41, 5.74) is 0.242. The summed E-state index contributed by atoms with van der Waals surface area (Å²) < 4.78 is 5.27. The predicted molar refractivity (Wildman–Crippen MR) is 119 cm³/mol. The SMILES string of the molecule is O=C(Oc1ccc(N2C(=O)[C@@H]3C[C@H](Br)[C@@H](Br)C[C@H]3C2=O)cc1)c1cccc([N+](=O)[O-])c1. The third kappa shape index (κ3) is 4.14. The number of nitro groups is 1. The second-order valence-electron chi connectivity index (χ2n) is 7.42. The number of fused-ring (bicyclic) bond motifs is 1. The van der Waals surface area contributed by atoms with Crippen LogP contribution in [0.1, 0.15) is 23.2 Å². The van der Waals surface area contributed by atoms with E-state index in [0.717, 1.165) is 6.07 Å². The minimum atomic E-state index is -0.748. The van der Waals surface area contributed by atoms with Crippen molar-refractivity contribution in [3.05, 3.63) is 64.2 Å². The molecule has 2 aliphatic rings. The number of hydrogen-bond donors (Lipinski definition) is 0. The molecule has 1 saturated heterocycles. The molecule has 0 bridgehead atoms. The lowest BCUT2D eigenvalue weighted by atomic mass is 9.81. The van der Waals surface area contributed by atoms with E-state index in [1.807, 2.05) is 0 Å². The van der Waals surface area contributed by atoms with E-state index in [1.54, 1.807) is 12.1 Å². The maximum Gasteiger partial charge on any atom is 0.343 e. The second-order valence-corrected chi connectivity index (χ2v) is 9.77. The van der Waals surface area contributed by atoms with Crippen LogP contribution in [-0.2, 0) is 9.59 Å². The first-order chi connectivity index (χ1) is 14.8. The molecule has 1 aliphatic carbocycles. The number of rotatable bonds is 4. The van der Waals surface area contributed by atoms with Crippen molar-refractivity contribution < 1.29 is 24.0 Å². The van der Waals surface area contributed by atoms with Crippen LogP contribution in [0.4, 0.5) is 11.4 Å². The molecule has 1 aliphatic heterocycles. The van der Waals surface area contributed by atoms with Gasteiger partial charge in [-0.3, -0.25) is 24.6 Å². The Labute approximate surface area is 194 Å². The number of nitrogens with zero attached hydrogens (tertiary/aromatic N) is 2. The Hall–Kier alpha value is -2.59. The van der Waals surface area contributed by atoms with E-state index in [9.17, 15) is 24.5 Å². The summed E-state index contributed by atoms with van der Waals surface area (Å²) in [6.07, 6.45) is 1.17. The van der Waals surface area contributed by atoms with Crippen LogP contribution < -0.4 is 9.64 Å². The molecule has 8 nitrogen and oxygen atoms in total. The summed E-state index contributed by atoms with van der Waals surface area (Å²) in [5.74, 6) is -1.70. The molecule has 4 rings (SSSR count). The lowest BCUT2D eigenvalue weighted by Crippen LogP contribution is -2.34. The van der Waals surface area contributed by atoms with Crippen molar-refractivity contribution in [1.29, 1.82) is 0 Å². The third-order valence-electron chi connectivity index (χ3n) is 5.51. The number of alkyl halides is 2. The van der Waals surface area contributed by atoms with Crippen molar-refractivity contribution >= 4 is 61.0 Å². The first kappa shape index (κ1) is 21.6. The summed E-state index contributed by atoms with van der Waals surface area (Å²) in [4.78, 5) is 49.8. The molecule has 1 heterocycles. The van der Waals surface area contributed by atoms with Gasteiger partial charge < -0.3 is 4.74 Å². The summed E-state index contributed by atoms with van der Waals surface area (Å²) >= 11 is 7.13. The van der Waals surface area contributed by atoms with Crippen LogP contribution in [0.3, 0.4) is 0 Å². The second kappa shape index (κ2) is 8.51. The number of anilines is 1. The van der Waals surface area contributed by atoms with Crippen LogP contribution in [0.15, 0.2) is 48.5 Å².